The first-order chi connectivity index (χ1) is 11.1. The smallest absolute Gasteiger partial charge is 0.253 e. The molecule has 0 saturated carbocycles. The van der Waals surface area contributed by atoms with Crippen molar-refractivity contribution >= 4 is 17.5 Å². The third kappa shape index (κ3) is 3.70. The molecule has 0 unspecified atom stereocenters. The molecule has 3 heterocycles. The van der Waals surface area contributed by atoms with Gasteiger partial charge < -0.3 is 9.64 Å². The Hall–Kier alpha value is -1.10. The minimum atomic E-state index is 0.134. The Labute approximate surface area is 143 Å². The number of aryl methyl sites for hydroxylation is 1. The molecule has 4 rings (SSSR count). The Morgan fingerprint density at radius 3 is 2.87 bits per heavy atom. The average Bonchev–Trinajstić information content (AvgIpc) is 2.86. The lowest BCUT2D eigenvalue weighted by Crippen LogP contribution is -2.45. The van der Waals surface area contributed by atoms with E-state index in [2.05, 4.69) is 4.90 Å². The van der Waals surface area contributed by atoms with Crippen molar-refractivity contribution in [1.82, 2.24) is 9.80 Å². The van der Waals surface area contributed by atoms with Crippen LogP contribution in [0, 0.1) is 12.8 Å². The van der Waals surface area contributed by atoms with Gasteiger partial charge in [-0.1, -0.05) is 11.6 Å². The van der Waals surface area contributed by atoms with Crippen molar-refractivity contribution < 1.29 is 9.53 Å². The van der Waals surface area contributed by atoms with E-state index in [-0.39, 0.29) is 5.91 Å². The Balaban J connectivity index is 1.73. The van der Waals surface area contributed by atoms with Crippen molar-refractivity contribution in [2.75, 3.05) is 39.9 Å². The van der Waals surface area contributed by atoms with Gasteiger partial charge in [-0.05, 0) is 49.4 Å². The zero-order valence-electron chi connectivity index (χ0n) is 13.9. The predicted molar refractivity (Wildman–Crippen MR) is 92.1 cm³/mol. The van der Waals surface area contributed by atoms with Crippen molar-refractivity contribution in [3.05, 3.63) is 34.3 Å². The van der Waals surface area contributed by atoms with E-state index in [0.29, 0.717) is 17.0 Å². The van der Waals surface area contributed by atoms with Crippen molar-refractivity contribution in [1.29, 1.82) is 0 Å². The number of carbonyl (C=O) groups excluding carboxylic acids is 1. The summed E-state index contributed by atoms with van der Waals surface area (Å²) in [6, 6.07) is 6.02. The fraction of sp³-hybridized carbons (Fsp3) is 0.611. The maximum Gasteiger partial charge on any atom is 0.253 e. The number of hydrogen-bond acceptors (Lipinski definition) is 3. The standard InChI is InChI=1S/C18H25ClN2O2/c1-13-9-15(4-6-17(13)19)18(22)21-11-14-3-5-16(12-21)20(10-14)7-8-23-2/h4,6,9,14,16H,3,5,7-8,10-12H2,1-2H3/t14-,16-/m1/s1. The van der Waals surface area contributed by atoms with Crippen molar-refractivity contribution in [2.45, 2.75) is 25.8 Å². The monoisotopic (exact) mass is 336 g/mol. The molecular weight excluding hydrogens is 312 g/mol. The van der Waals surface area contributed by atoms with E-state index in [1.807, 2.05) is 30.0 Å². The average molecular weight is 337 g/mol. The molecule has 0 spiro atoms. The largest absolute Gasteiger partial charge is 0.383 e. The van der Waals surface area contributed by atoms with E-state index in [1.54, 1.807) is 7.11 Å². The normalized spacial score (nSPS) is 24.7. The maximum atomic E-state index is 12.9. The minimum absolute atomic E-state index is 0.134. The molecule has 1 aromatic rings. The quantitative estimate of drug-likeness (QED) is 0.847. The fourth-order valence-corrected chi connectivity index (χ4v) is 3.91. The van der Waals surface area contributed by atoms with E-state index in [0.717, 1.165) is 43.9 Å². The molecule has 0 N–H and O–H groups in total. The van der Waals surface area contributed by atoms with Gasteiger partial charge in [-0.25, -0.2) is 0 Å². The van der Waals surface area contributed by atoms with Gasteiger partial charge in [-0.2, -0.15) is 0 Å². The summed E-state index contributed by atoms with van der Waals surface area (Å²) in [7, 11) is 1.74. The van der Waals surface area contributed by atoms with Gasteiger partial charge in [0, 0.05) is 49.9 Å². The van der Waals surface area contributed by atoms with Gasteiger partial charge in [0.25, 0.3) is 5.91 Å². The number of rotatable bonds is 4. The topological polar surface area (TPSA) is 32.8 Å². The summed E-state index contributed by atoms with van der Waals surface area (Å²) in [5, 5.41) is 0.711. The molecule has 3 saturated heterocycles. The van der Waals surface area contributed by atoms with Crippen molar-refractivity contribution in [2.24, 2.45) is 5.92 Å². The van der Waals surface area contributed by atoms with Gasteiger partial charge in [-0.15, -0.1) is 0 Å². The van der Waals surface area contributed by atoms with Gasteiger partial charge >= 0.3 is 0 Å². The number of piperidine rings is 1. The van der Waals surface area contributed by atoms with Crippen LogP contribution < -0.4 is 0 Å². The molecule has 5 heteroatoms. The summed E-state index contributed by atoms with van der Waals surface area (Å²) in [5.74, 6) is 0.707. The molecule has 2 bridgehead atoms. The third-order valence-electron chi connectivity index (χ3n) is 5.10. The zero-order chi connectivity index (χ0) is 16.4. The predicted octanol–water partition coefficient (Wildman–Crippen LogP) is 2.83. The van der Waals surface area contributed by atoms with Crippen LogP contribution in [0.15, 0.2) is 18.2 Å². The Kier molecular flexibility index (Phi) is 5.24. The molecule has 3 aliphatic heterocycles. The molecule has 0 aliphatic carbocycles. The van der Waals surface area contributed by atoms with Gasteiger partial charge in [0.1, 0.15) is 0 Å². The highest BCUT2D eigenvalue weighted by atomic mass is 35.5. The van der Waals surface area contributed by atoms with E-state index >= 15 is 0 Å². The number of halogens is 1. The van der Waals surface area contributed by atoms with E-state index in [1.165, 1.54) is 12.8 Å². The Morgan fingerprint density at radius 2 is 2.13 bits per heavy atom. The fourth-order valence-electron chi connectivity index (χ4n) is 3.79. The van der Waals surface area contributed by atoms with Crippen LogP contribution in [-0.4, -0.2) is 61.6 Å². The molecule has 3 fully saturated rings. The molecule has 0 radical (unpaired) electrons. The lowest BCUT2D eigenvalue weighted by Gasteiger charge is -2.35. The molecule has 4 nitrogen and oxygen atoms in total. The summed E-state index contributed by atoms with van der Waals surface area (Å²) in [6.45, 7) is 6.42. The van der Waals surface area contributed by atoms with Crippen LogP contribution >= 0.6 is 11.6 Å². The van der Waals surface area contributed by atoms with Gasteiger partial charge in [0.05, 0.1) is 6.61 Å². The molecule has 3 aliphatic rings. The second-order valence-corrected chi connectivity index (χ2v) is 7.17. The van der Waals surface area contributed by atoms with Crippen molar-refractivity contribution in [3.63, 3.8) is 0 Å². The molecule has 1 amide bonds. The number of hydrogen-bond donors (Lipinski definition) is 0. The summed E-state index contributed by atoms with van der Waals surface area (Å²) in [6.07, 6.45) is 2.40. The lowest BCUT2D eigenvalue weighted by atomic mass is 9.95. The van der Waals surface area contributed by atoms with Gasteiger partial charge in [0.15, 0.2) is 0 Å². The van der Waals surface area contributed by atoms with Crippen LogP contribution in [0.5, 0.6) is 0 Å². The summed E-state index contributed by atoms with van der Waals surface area (Å²) < 4.78 is 5.23. The van der Waals surface area contributed by atoms with Crippen LogP contribution in [0.4, 0.5) is 0 Å². The van der Waals surface area contributed by atoms with Crippen LogP contribution in [0.3, 0.4) is 0 Å². The van der Waals surface area contributed by atoms with Crippen LogP contribution in [0.25, 0.3) is 0 Å². The summed E-state index contributed by atoms with van der Waals surface area (Å²) >= 11 is 6.08. The van der Waals surface area contributed by atoms with Crippen LogP contribution in [0.1, 0.15) is 28.8 Å². The first-order valence-electron chi connectivity index (χ1n) is 8.37. The molecular formula is C18H25ClN2O2. The zero-order valence-corrected chi connectivity index (χ0v) is 14.7. The van der Waals surface area contributed by atoms with E-state index in [4.69, 9.17) is 16.3 Å². The SMILES string of the molecule is COCCN1C[C@H]2CC[C@@H]1CN(C(=O)c1ccc(Cl)c(C)c1)C2. The third-order valence-corrected chi connectivity index (χ3v) is 5.53. The number of amides is 1. The Morgan fingerprint density at radius 1 is 1.30 bits per heavy atom. The van der Waals surface area contributed by atoms with Crippen LogP contribution in [-0.2, 0) is 4.74 Å². The first-order valence-corrected chi connectivity index (χ1v) is 8.74. The molecule has 1 aromatic carbocycles. The van der Waals surface area contributed by atoms with Gasteiger partial charge in [-0.3, -0.25) is 9.69 Å². The second-order valence-electron chi connectivity index (χ2n) is 6.76. The number of benzene rings is 1. The number of nitrogens with zero attached hydrogens (tertiary/aromatic N) is 2. The second kappa shape index (κ2) is 7.20. The van der Waals surface area contributed by atoms with E-state index in [9.17, 15) is 4.79 Å². The highest BCUT2D eigenvalue weighted by Gasteiger charge is 2.36. The number of methoxy groups -OCH3 is 1. The van der Waals surface area contributed by atoms with Gasteiger partial charge in [0.2, 0.25) is 0 Å². The number of fused-ring (bicyclic) bond motifs is 4. The molecule has 23 heavy (non-hydrogen) atoms. The highest BCUT2D eigenvalue weighted by Crippen LogP contribution is 2.29. The Bertz CT molecular complexity index is 578. The molecule has 2 atom stereocenters. The molecule has 126 valence electrons. The molecule has 0 aromatic heterocycles. The lowest BCUT2D eigenvalue weighted by molar-refractivity contribution is 0.0717. The van der Waals surface area contributed by atoms with Crippen molar-refractivity contribution in [3.8, 4) is 0 Å². The highest BCUT2D eigenvalue weighted by molar-refractivity contribution is 6.31. The summed E-state index contributed by atoms with van der Waals surface area (Å²) in [5.41, 5.74) is 1.70. The number of ether oxygens (including phenoxy) is 1. The maximum absolute atomic E-state index is 12.9. The summed E-state index contributed by atoms with van der Waals surface area (Å²) in [4.78, 5) is 17.4. The van der Waals surface area contributed by atoms with Crippen LogP contribution in [0.2, 0.25) is 5.02 Å². The van der Waals surface area contributed by atoms with E-state index < -0.39 is 0 Å². The number of carbonyl (C=O) groups is 1. The first kappa shape index (κ1) is 16.7. The minimum Gasteiger partial charge on any atom is -0.383 e.